The second-order valence-corrected chi connectivity index (χ2v) is 8.71. The van der Waals surface area contributed by atoms with Gasteiger partial charge in [0.1, 0.15) is 12.4 Å². The van der Waals surface area contributed by atoms with E-state index in [0.717, 1.165) is 10.4 Å². The molecule has 0 aliphatic rings. The monoisotopic (exact) mass is 471 g/mol. The largest absolute Gasteiger partial charge is 0.331 e. The maximum atomic E-state index is 13.1. The lowest BCUT2D eigenvalue weighted by molar-refractivity contribution is -0.122. The highest BCUT2D eigenvalue weighted by atomic mass is 32.1. The molecular formula is C26H18FN3O3S. The van der Waals surface area contributed by atoms with Crippen LogP contribution in [0.5, 0.6) is 0 Å². The molecule has 0 aliphatic heterocycles. The topological polar surface area (TPSA) is 80.2 Å². The fourth-order valence-electron chi connectivity index (χ4n) is 3.85. The molecule has 5 rings (SSSR count). The fourth-order valence-corrected chi connectivity index (χ4v) is 4.75. The molecule has 0 radical (unpaired) electrons. The number of hydrogen-bond donors (Lipinski definition) is 2. The molecule has 2 aromatic heterocycles. The zero-order valence-corrected chi connectivity index (χ0v) is 18.6. The predicted octanol–water partition coefficient (Wildman–Crippen LogP) is 4.48. The molecule has 5 aromatic rings. The first-order valence-electron chi connectivity index (χ1n) is 10.5. The van der Waals surface area contributed by atoms with Crippen LogP contribution in [0.4, 0.5) is 4.39 Å². The van der Waals surface area contributed by atoms with Gasteiger partial charge in [-0.3, -0.25) is 25.2 Å². The van der Waals surface area contributed by atoms with E-state index in [9.17, 15) is 18.8 Å². The first-order chi connectivity index (χ1) is 16.5. The average Bonchev–Trinajstić information content (AvgIpc) is 3.36. The van der Waals surface area contributed by atoms with Crippen LogP contribution in [0.2, 0.25) is 0 Å². The first-order valence-corrected chi connectivity index (χ1v) is 11.3. The lowest BCUT2D eigenvalue weighted by Gasteiger charge is -2.15. The number of carbonyl (C=O) groups is 2. The van der Waals surface area contributed by atoms with Crippen LogP contribution in [0.3, 0.4) is 0 Å². The average molecular weight is 472 g/mol. The summed E-state index contributed by atoms with van der Waals surface area (Å²) in [5.74, 6) is -1.23. The summed E-state index contributed by atoms with van der Waals surface area (Å²) < 4.78 is 14.9. The molecule has 0 aliphatic carbocycles. The number of para-hydroxylation sites is 2. The molecule has 0 unspecified atom stereocenters. The van der Waals surface area contributed by atoms with Gasteiger partial charge in [0.25, 0.3) is 11.8 Å². The van der Waals surface area contributed by atoms with Crippen molar-refractivity contribution in [1.82, 2.24) is 15.4 Å². The summed E-state index contributed by atoms with van der Waals surface area (Å²) in [6.45, 7) is -0.0904. The Morgan fingerprint density at radius 1 is 0.794 bits per heavy atom. The zero-order valence-electron chi connectivity index (χ0n) is 17.7. The number of nitrogens with zero attached hydrogens (tertiary/aromatic N) is 1. The van der Waals surface area contributed by atoms with Gasteiger partial charge in [0, 0.05) is 15.6 Å². The lowest BCUT2D eigenvalue weighted by Crippen LogP contribution is -2.43. The minimum Gasteiger partial charge on any atom is -0.331 e. The maximum absolute atomic E-state index is 13.1. The molecular weight excluding hydrogens is 453 g/mol. The number of rotatable bonds is 4. The molecule has 0 atom stereocenters. The van der Waals surface area contributed by atoms with E-state index in [1.54, 1.807) is 65.2 Å². The van der Waals surface area contributed by atoms with E-state index in [4.69, 9.17) is 0 Å². The summed E-state index contributed by atoms with van der Waals surface area (Å²) in [6.07, 6.45) is 0. The Kier molecular flexibility index (Phi) is 5.65. The maximum Gasteiger partial charge on any atom is 0.279 e. The second-order valence-electron chi connectivity index (χ2n) is 7.62. The molecule has 0 fully saturated rings. The Balaban J connectivity index is 1.33. The molecule has 168 valence electrons. The van der Waals surface area contributed by atoms with E-state index in [2.05, 4.69) is 10.9 Å². The van der Waals surface area contributed by atoms with Gasteiger partial charge < -0.3 is 4.57 Å². The Labute approximate surface area is 197 Å². The standard InChI is InChI=1S/C26H18FN3O3S/c27-17-11-9-16(10-12-17)22-13-14-23(34-22)26(33)29-28-24(31)15-30-20-7-3-1-5-18(20)25(32)19-6-2-4-8-21(19)30/h1-14H,15H2,(H,28,31)(H,29,33). The van der Waals surface area contributed by atoms with Crippen molar-refractivity contribution < 1.29 is 14.0 Å². The highest BCUT2D eigenvalue weighted by Gasteiger charge is 2.15. The number of amides is 2. The zero-order chi connectivity index (χ0) is 23.7. The Hall–Kier alpha value is -4.30. The van der Waals surface area contributed by atoms with E-state index in [0.29, 0.717) is 26.7 Å². The highest BCUT2D eigenvalue weighted by Crippen LogP contribution is 2.28. The summed E-state index contributed by atoms with van der Waals surface area (Å²) in [4.78, 5) is 39.3. The van der Waals surface area contributed by atoms with Crippen LogP contribution in [0, 0.1) is 5.82 Å². The molecule has 8 heteroatoms. The van der Waals surface area contributed by atoms with Crippen LogP contribution in [-0.4, -0.2) is 16.4 Å². The summed E-state index contributed by atoms with van der Waals surface area (Å²) in [7, 11) is 0. The van der Waals surface area contributed by atoms with Crippen LogP contribution >= 0.6 is 11.3 Å². The summed E-state index contributed by atoms with van der Waals surface area (Å²) in [5, 5.41) is 1.04. The van der Waals surface area contributed by atoms with Gasteiger partial charge >= 0.3 is 0 Å². The third-order valence-electron chi connectivity index (χ3n) is 5.45. The van der Waals surface area contributed by atoms with E-state index < -0.39 is 11.8 Å². The highest BCUT2D eigenvalue weighted by molar-refractivity contribution is 7.17. The van der Waals surface area contributed by atoms with Crippen molar-refractivity contribution in [3.63, 3.8) is 0 Å². The van der Waals surface area contributed by atoms with Gasteiger partial charge in [-0.1, -0.05) is 36.4 Å². The normalized spacial score (nSPS) is 11.0. The smallest absolute Gasteiger partial charge is 0.279 e. The Bertz CT molecular complexity index is 1550. The van der Waals surface area contributed by atoms with Crippen molar-refractivity contribution in [2.75, 3.05) is 0 Å². The predicted molar refractivity (Wildman–Crippen MR) is 131 cm³/mol. The molecule has 0 bridgehead atoms. The van der Waals surface area contributed by atoms with Crippen LogP contribution in [0.15, 0.2) is 89.7 Å². The van der Waals surface area contributed by atoms with Crippen LogP contribution in [0.1, 0.15) is 9.67 Å². The number of hydrazine groups is 1. The van der Waals surface area contributed by atoms with Gasteiger partial charge in [0.15, 0.2) is 5.43 Å². The third kappa shape index (κ3) is 4.06. The van der Waals surface area contributed by atoms with Crippen molar-refractivity contribution in [3.8, 4) is 10.4 Å². The first kappa shape index (κ1) is 21.5. The van der Waals surface area contributed by atoms with Crippen molar-refractivity contribution in [2.45, 2.75) is 6.54 Å². The number of fused-ring (bicyclic) bond motifs is 2. The van der Waals surface area contributed by atoms with Gasteiger partial charge in [-0.25, -0.2) is 4.39 Å². The number of nitrogens with one attached hydrogen (secondary N) is 2. The summed E-state index contributed by atoms with van der Waals surface area (Å²) in [6, 6.07) is 23.6. The van der Waals surface area contributed by atoms with Crippen molar-refractivity contribution in [1.29, 1.82) is 0 Å². The number of thiophene rings is 1. The number of pyridine rings is 1. The van der Waals surface area contributed by atoms with Gasteiger partial charge in [-0.05, 0) is 54.1 Å². The van der Waals surface area contributed by atoms with E-state index >= 15 is 0 Å². The minimum atomic E-state index is -0.457. The number of aromatic nitrogens is 1. The molecule has 2 amide bonds. The lowest BCUT2D eigenvalue weighted by atomic mass is 10.1. The quantitative estimate of drug-likeness (QED) is 0.300. The molecule has 0 spiro atoms. The second kappa shape index (κ2) is 8.92. The molecule has 2 N–H and O–H groups in total. The number of halogens is 1. The molecule has 0 saturated carbocycles. The SMILES string of the molecule is O=C(Cn1c2ccccc2c(=O)c2ccccc21)NNC(=O)c1ccc(-c2ccc(F)cc2)s1. The summed E-state index contributed by atoms with van der Waals surface area (Å²) >= 11 is 1.24. The van der Waals surface area contributed by atoms with Gasteiger partial charge in [0.05, 0.1) is 15.9 Å². The molecule has 2 heterocycles. The van der Waals surface area contributed by atoms with Crippen molar-refractivity contribution >= 4 is 45.0 Å². The van der Waals surface area contributed by atoms with Crippen LogP contribution in [0.25, 0.3) is 32.2 Å². The van der Waals surface area contributed by atoms with Gasteiger partial charge in [-0.2, -0.15) is 0 Å². The fraction of sp³-hybridized carbons (Fsp3) is 0.0385. The van der Waals surface area contributed by atoms with Crippen molar-refractivity contribution in [3.05, 3.63) is 106 Å². The molecule has 6 nitrogen and oxygen atoms in total. The molecule has 34 heavy (non-hydrogen) atoms. The van der Waals surface area contributed by atoms with Crippen LogP contribution < -0.4 is 16.3 Å². The number of benzene rings is 3. The van der Waals surface area contributed by atoms with Gasteiger partial charge in [0.2, 0.25) is 0 Å². The summed E-state index contributed by atoms with van der Waals surface area (Å²) in [5.41, 5.74) is 6.86. The Morgan fingerprint density at radius 3 is 2.06 bits per heavy atom. The van der Waals surface area contributed by atoms with Crippen molar-refractivity contribution in [2.24, 2.45) is 0 Å². The van der Waals surface area contributed by atoms with Crippen LogP contribution in [-0.2, 0) is 11.3 Å². The van der Waals surface area contributed by atoms with E-state index in [1.165, 1.54) is 23.5 Å². The Morgan fingerprint density at radius 2 is 1.41 bits per heavy atom. The third-order valence-corrected chi connectivity index (χ3v) is 6.59. The molecule has 0 saturated heterocycles. The number of carbonyl (C=O) groups excluding carboxylic acids is 2. The van der Waals surface area contributed by atoms with E-state index in [-0.39, 0.29) is 17.8 Å². The minimum absolute atomic E-state index is 0.0904. The van der Waals surface area contributed by atoms with E-state index in [1.807, 2.05) is 12.1 Å². The van der Waals surface area contributed by atoms with Gasteiger partial charge in [-0.15, -0.1) is 11.3 Å². The number of hydrogen-bond acceptors (Lipinski definition) is 4. The molecule has 3 aromatic carbocycles.